The molecule has 0 fully saturated rings. The van der Waals surface area contributed by atoms with Crippen molar-refractivity contribution >= 4 is 15.7 Å². The van der Waals surface area contributed by atoms with Gasteiger partial charge in [-0.15, -0.1) is 0 Å². The van der Waals surface area contributed by atoms with Gasteiger partial charge in [-0.1, -0.05) is 0 Å². The van der Waals surface area contributed by atoms with E-state index in [-0.39, 0.29) is 11.4 Å². The third-order valence-corrected chi connectivity index (χ3v) is 4.86. The van der Waals surface area contributed by atoms with Gasteiger partial charge in [0.1, 0.15) is 4.90 Å². The zero-order valence-electron chi connectivity index (χ0n) is 11.7. The van der Waals surface area contributed by atoms with Gasteiger partial charge in [0, 0.05) is 13.6 Å². The molecule has 0 bridgehead atoms. The van der Waals surface area contributed by atoms with Gasteiger partial charge in [-0.05, 0) is 38.2 Å². The number of alkyl halides is 3. The Bertz CT molecular complexity index is 588. The van der Waals surface area contributed by atoms with Crippen molar-refractivity contribution in [2.75, 3.05) is 32.9 Å². The van der Waals surface area contributed by atoms with E-state index in [1.165, 1.54) is 7.05 Å². The summed E-state index contributed by atoms with van der Waals surface area (Å²) in [6, 6.07) is 2.24. The molecule has 21 heavy (non-hydrogen) atoms. The Labute approximate surface area is 122 Å². The Morgan fingerprint density at radius 1 is 1.33 bits per heavy atom. The van der Waals surface area contributed by atoms with Crippen molar-refractivity contribution in [1.82, 2.24) is 9.62 Å². The number of rotatable bonds is 6. The molecule has 0 aromatic heterocycles. The molecule has 0 saturated carbocycles. The maximum atomic E-state index is 12.5. The van der Waals surface area contributed by atoms with Gasteiger partial charge in [-0.2, -0.15) is 13.2 Å². The lowest BCUT2D eigenvalue weighted by Gasteiger charge is -2.19. The molecular weight excluding hydrogens is 307 g/mol. The molecule has 0 heterocycles. The van der Waals surface area contributed by atoms with E-state index < -0.39 is 27.5 Å². The Morgan fingerprint density at radius 3 is 2.43 bits per heavy atom. The van der Waals surface area contributed by atoms with E-state index in [4.69, 9.17) is 5.73 Å². The van der Waals surface area contributed by atoms with Gasteiger partial charge in [-0.3, -0.25) is 0 Å². The number of sulfonamides is 1. The minimum absolute atomic E-state index is 0.240. The van der Waals surface area contributed by atoms with E-state index in [1.54, 1.807) is 7.05 Å². The second-order valence-electron chi connectivity index (χ2n) is 4.53. The van der Waals surface area contributed by atoms with E-state index in [0.717, 1.165) is 10.4 Å². The average molecular weight is 325 g/mol. The SMILES string of the molecule is CNCCCN(C)S(=O)(=O)c1ccc(C(F)(F)F)cc1N. The predicted octanol–water partition coefficient (Wildman–Crippen LogP) is 1.52. The largest absolute Gasteiger partial charge is 0.416 e. The molecule has 0 aliphatic heterocycles. The molecule has 0 spiro atoms. The molecule has 1 aromatic rings. The van der Waals surface area contributed by atoms with Gasteiger partial charge in [0.25, 0.3) is 0 Å². The molecular formula is C12H18F3N3O2S. The average Bonchev–Trinajstić information content (AvgIpc) is 2.37. The molecule has 3 N–H and O–H groups in total. The summed E-state index contributed by atoms with van der Waals surface area (Å²) in [5.41, 5.74) is 4.09. The van der Waals surface area contributed by atoms with Crippen LogP contribution in [0.1, 0.15) is 12.0 Å². The molecule has 1 rings (SSSR count). The molecule has 0 aliphatic rings. The molecule has 0 atom stereocenters. The van der Waals surface area contributed by atoms with Crippen LogP contribution in [0.3, 0.4) is 0 Å². The number of nitrogens with zero attached hydrogens (tertiary/aromatic N) is 1. The summed E-state index contributed by atoms with van der Waals surface area (Å²) in [6.45, 7) is 0.867. The molecule has 0 unspecified atom stereocenters. The highest BCUT2D eigenvalue weighted by Crippen LogP contribution is 2.33. The van der Waals surface area contributed by atoms with E-state index in [0.29, 0.717) is 25.1 Å². The number of hydrogen-bond acceptors (Lipinski definition) is 4. The first-order valence-electron chi connectivity index (χ1n) is 6.18. The highest BCUT2D eigenvalue weighted by Gasteiger charge is 2.32. The fourth-order valence-electron chi connectivity index (χ4n) is 1.73. The second kappa shape index (κ2) is 6.63. The summed E-state index contributed by atoms with van der Waals surface area (Å²) in [5.74, 6) is 0. The zero-order valence-corrected chi connectivity index (χ0v) is 12.6. The number of nitrogen functional groups attached to an aromatic ring is 1. The van der Waals surface area contributed by atoms with Crippen LogP contribution in [0.15, 0.2) is 23.1 Å². The molecule has 0 amide bonds. The predicted molar refractivity (Wildman–Crippen MR) is 74.2 cm³/mol. The van der Waals surface area contributed by atoms with Gasteiger partial charge in [0.05, 0.1) is 11.3 Å². The Morgan fingerprint density at radius 2 is 1.95 bits per heavy atom. The fraction of sp³-hybridized carbons (Fsp3) is 0.500. The summed E-state index contributed by atoms with van der Waals surface area (Å²) in [6.07, 6.45) is -3.98. The Hall–Kier alpha value is -1.32. The molecule has 0 aliphatic carbocycles. The molecule has 9 heteroatoms. The topological polar surface area (TPSA) is 75.4 Å². The minimum Gasteiger partial charge on any atom is -0.398 e. The first-order chi connectivity index (χ1) is 9.60. The molecule has 0 radical (unpaired) electrons. The number of nitrogens with one attached hydrogen (secondary N) is 1. The van der Waals surface area contributed by atoms with E-state index in [1.807, 2.05) is 0 Å². The summed E-state index contributed by atoms with van der Waals surface area (Å²) in [7, 11) is -0.798. The normalized spacial score (nSPS) is 12.9. The lowest BCUT2D eigenvalue weighted by molar-refractivity contribution is -0.137. The molecule has 1 aromatic carbocycles. The van der Waals surface area contributed by atoms with Crippen LogP contribution in [0, 0.1) is 0 Å². The molecule has 5 nitrogen and oxygen atoms in total. The summed E-state index contributed by atoms with van der Waals surface area (Å²) < 4.78 is 63.2. The van der Waals surface area contributed by atoms with E-state index in [2.05, 4.69) is 5.32 Å². The summed E-state index contributed by atoms with van der Waals surface area (Å²) in [4.78, 5) is -0.317. The lowest BCUT2D eigenvalue weighted by atomic mass is 10.2. The number of anilines is 1. The van der Waals surface area contributed by atoms with Gasteiger partial charge in [0.2, 0.25) is 10.0 Å². The van der Waals surface area contributed by atoms with E-state index in [9.17, 15) is 21.6 Å². The second-order valence-corrected chi connectivity index (χ2v) is 6.55. The van der Waals surface area contributed by atoms with Crippen LogP contribution in [-0.2, 0) is 16.2 Å². The first-order valence-corrected chi connectivity index (χ1v) is 7.62. The maximum absolute atomic E-state index is 12.5. The number of halogens is 3. The zero-order chi connectivity index (χ0) is 16.3. The van der Waals surface area contributed by atoms with Crippen LogP contribution in [0.4, 0.5) is 18.9 Å². The Balaban J connectivity index is 3.04. The van der Waals surface area contributed by atoms with Crippen LogP contribution >= 0.6 is 0 Å². The van der Waals surface area contributed by atoms with Crippen molar-refractivity contribution in [2.45, 2.75) is 17.5 Å². The van der Waals surface area contributed by atoms with Gasteiger partial charge in [0.15, 0.2) is 0 Å². The highest BCUT2D eigenvalue weighted by atomic mass is 32.2. The third-order valence-electron chi connectivity index (χ3n) is 2.93. The fourth-order valence-corrected chi connectivity index (χ4v) is 3.03. The molecule has 0 saturated heterocycles. The smallest absolute Gasteiger partial charge is 0.398 e. The molecule has 120 valence electrons. The number of hydrogen-bond donors (Lipinski definition) is 2. The van der Waals surface area contributed by atoms with Crippen LogP contribution in [-0.4, -0.2) is 39.9 Å². The van der Waals surface area contributed by atoms with E-state index >= 15 is 0 Å². The van der Waals surface area contributed by atoms with Crippen molar-refractivity contribution in [3.05, 3.63) is 23.8 Å². The lowest BCUT2D eigenvalue weighted by Crippen LogP contribution is -2.30. The minimum atomic E-state index is -4.56. The van der Waals surface area contributed by atoms with Crippen LogP contribution < -0.4 is 11.1 Å². The standard InChI is InChI=1S/C12H18F3N3O2S/c1-17-6-3-7-18(2)21(19,20)11-5-4-9(8-10(11)16)12(13,14)15/h4-5,8,17H,3,6-7,16H2,1-2H3. The van der Waals surface area contributed by atoms with Crippen LogP contribution in [0.2, 0.25) is 0 Å². The third kappa shape index (κ3) is 4.32. The van der Waals surface area contributed by atoms with Crippen molar-refractivity contribution in [3.8, 4) is 0 Å². The summed E-state index contributed by atoms with van der Waals surface area (Å²) >= 11 is 0. The van der Waals surface area contributed by atoms with Gasteiger partial charge in [-0.25, -0.2) is 12.7 Å². The maximum Gasteiger partial charge on any atom is 0.416 e. The first kappa shape index (κ1) is 17.7. The van der Waals surface area contributed by atoms with Crippen molar-refractivity contribution in [1.29, 1.82) is 0 Å². The van der Waals surface area contributed by atoms with Crippen molar-refractivity contribution in [2.24, 2.45) is 0 Å². The summed E-state index contributed by atoms with van der Waals surface area (Å²) in [5, 5.41) is 2.88. The van der Waals surface area contributed by atoms with Crippen molar-refractivity contribution in [3.63, 3.8) is 0 Å². The van der Waals surface area contributed by atoms with Crippen LogP contribution in [0.5, 0.6) is 0 Å². The van der Waals surface area contributed by atoms with Gasteiger partial charge >= 0.3 is 6.18 Å². The Kier molecular flexibility index (Phi) is 5.60. The van der Waals surface area contributed by atoms with Gasteiger partial charge < -0.3 is 11.1 Å². The van der Waals surface area contributed by atoms with Crippen LogP contribution in [0.25, 0.3) is 0 Å². The number of benzene rings is 1. The number of nitrogens with two attached hydrogens (primary N) is 1. The quantitative estimate of drug-likeness (QED) is 0.614. The van der Waals surface area contributed by atoms with Crippen molar-refractivity contribution < 1.29 is 21.6 Å². The highest BCUT2D eigenvalue weighted by molar-refractivity contribution is 7.89. The monoisotopic (exact) mass is 325 g/mol.